The van der Waals surface area contributed by atoms with Crippen LogP contribution in [-0.2, 0) is 4.79 Å². The average Bonchev–Trinajstić information content (AvgIpc) is 2.65. The normalized spacial score (nSPS) is 18.8. The lowest BCUT2D eigenvalue weighted by molar-refractivity contribution is -0.117. The van der Waals surface area contributed by atoms with Gasteiger partial charge in [0.1, 0.15) is 17.6 Å². The summed E-state index contributed by atoms with van der Waals surface area (Å²) in [6.07, 6.45) is 3.08. The third kappa shape index (κ3) is 1.99. The van der Waals surface area contributed by atoms with E-state index in [4.69, 9.17) is 4.52 Å². The van der Waals surface area contributed by atoms with Crippen molar-refractivity contribution in [3.05, 3.63) is 29.2 Å². The molecule has 4 heteroatoms. The zero-order chi connectivity index (χ0) is 10.8. The van der Waals surface area contributed by atoms with Crippen molar-refractivity contribution in [2.24, 2.45) is 0 Å². The van der Waals surface area contributed by atoms with Gasteiger partial charge in [-0.1, -0.05) is 11.2 Å². The van der Waals surface area contributed by atoms with Gasteiger partial charge in [0.25, 0.3) is 0 Å². The van der Waals surface area contributed by atoms with E-state index in [1.54, 1.807) is 19.1 Å². The van der Waals surface area contributed by atoms with E-state index in [-0.39, 0.29) is 5.78 Å². The number of hydrogen-bond donors (Lipinski definition) is 1. The first-order chi connectivity index (χ1) is 7.18. The number of aliphatic hydroxyl groups is 1. The smallest absolute Gasteiger partial charge is 0.161 e. The molecule has 1 aromatic rings. The Bertz CT molecular complexity index is 406. The molecular weight excluding hydrogens is 194 g/mol. The highest BCUT2D eigenvalue weighted by atomic mass is 16.5. The van der Waals surface area contributed by atoms with E-state index in [0.29, 0.717) is 23.4 Å². The van der Waals surface area contributed by atoms with Crippen LogP contribution in [0, 0.1) is 6.92 Å². The van der Waals surface area contributed by atoms with Crippen LogP contribution >= 0.6 is 0 Å². The summed E-state index contributed by atoms with van der Waals surface area (Å²) in [6.45, 7) is 1.75. The fourth-order valence-electron chi connectivity index (χ4n) is 1.72. The Kier molecular flexibility index (Phi) is 2.68. The molecular formula is C11H13NO3. The van der Waals surface area contributed by atoms with Crippen LogP contribution in [0.15, 0.2) is 22.2 Å². The molecule has 0 aromatic carbocycles. The second kappa shape index (κ2) is 3.98. The van der Waals surface area contributed by atoms with Gasteiger partial charge < -0.3 is 9.63 Å². The molecule has 4 nitrogen and oxygen atoms in total. The maximum absolute atomic E-state index is 11.5. The molecule has 1 heterocycles. The topological polar surface area (TPSA) is 63.3 Å². The number of ketones is 1. The van der Waals surface area contributed by atoms with Gasteiger partial charge >= 0.3 is 0 Å². The summed E-state index contributed by atoms with van der Waals surface area (Å²) in [5.41, 5.74) is 0.864. The second-order valence-corrected chi connectivity index (χ2v) is 3.74. The highest BCUT2D eigenvalue weighted by Crippen LogP contribution is 2.26. The van der Waals surface area contributed by atoms with E-state index in [9.17, 15) is 9.90 Å². The van der Waals surface area contributed by atoms with Gasteiger partial charge in [0, 0.05) is 18.1 Å². The van der Waals surface area contributed by atoms with Crippen molar-refractivity contribution in [1.82, 2.24) is 5.16 Å². The van der Waals surface area contributed by atoms with E-state index in [1.165, 1.54) is 0 Å². The Balaban J connectivity index is 2.23. The fraction of sp³-hybridized carbons (Fsp3) is 0.455. The summed E-state index contributed by atoms with van der Waals surface area (Å²) < 4.78 is 4.86. The molecule has 0 aliphatic heterocycles. The molecule has 1 atom stereocenters. The molecule has 2 rings (SSSR count). The lowest BCUT2D eigenvalue weighted by Crippen LogP contribution is -2.14. The predicted molar refractivity (Wildman–Crippen MR) is 53.1 cm³/mol. The number of aryl methyl sites for hydroxylation is 1. The number of carbonyl (C=O) groups excluding carboxylic acids is 1. The molecule has 0 amide bonds. The van der Waals surface area contributed by atoms with Gasteiger partial charge in [0.15, 0.2) is 5.78 Å². The maximum atomic E-state index is 11.5. The standard InChI is InChI=1S/C11H13NO3/c1-7-6-9(12-15-7)11(14)8-4-2-3-5-10(8)13/h4,6,11,14H,2-3,5H2,1H3. The first-order valence-electron chi connectivity index (χ1n) is 5.03. The zero-order valence-corrected chi connectivity index (χ0v) is 8.56. The molecule has 1 aromatic heterocycles. The molecule has 1 aliphatic carbocycles. The lowest BCUT2D eigenvalue weighted by Gasteiger charge is -2.15. The summed E-state index contributed by atoms with van der Waals surface area (Å²) >= 11 is 0. The van der Waals surface area contributed by atoms with Crippen molar-refractivity contribution in [3.8, 4) is 0 Å². The van der Waals surface area contributed by atoms with Crippen molar-refractivity contribution < 1.29 is 14.4 Å². The Morgan fingerprint density at radius 2 is 2.40 bits per heavy atom. The summed E-state index contributed by atoms with van der Waals surface area (Å²) in [7, 11) is 0. The number of allylic oxidation sites excluding steroid dienone is 1. The second-order valence-electron chi connectivity index (χ2n) is 3.74. The summed E-state index contributed by atoms with van der Waals surface area (Å²) in [5, 5.41) is 13.6. The lowest BCUT2D eigenvalue weighted by atomic mass is 9.93. The van der Waals surface area contributed by atoms with Crippen molar-refractivity contribution in [2.45, 2.75) is 32.3 Å². The number of nitrogens with zero attached hydrogens (tertiary/aromatic N) is 1. The average molecular weight is 207 g/mol. The van der Waals surface area contributed by atoms with Crippen LogP contribution in [0.1, 0.15) is 36.8 Å². The highest BCUT2D eigenvalue weighted by Gasteiger charge is 2.24. The quantitative estimate of drug-likeness (QED) is 0.801. The third-order valence-electron chi connectivity index (χ3n) is 2.52. The van der Waals surface area contributed by atoms with E-state index < -0.39 is 6.10 Å². The largest absolute Gasteiger partial charge is 0.382 e. The highest BCUT2D eigenvalue weighted by molar-refractivity contribution is 5.97. The predicted octanol–water partition coefficient (Wildman–Crippen LogP) is 1.70. The van der Waals surface area contributed by atoms with Crippen LogP contribution in [0.3, 0.4) is 0 Å². The number of aliphatic hydroxyl groups excluding tert-OH is 1. The molecule has 0 bridgehead atoms. The molecule has 80 valence electrons. The number of rotatable bonds is 2. The molecule has 0 spiro atoms. The van der Waals surface area contributed by atoms with Gasteiger partial charge in [-0.3, -0.25) is 4.79 Å². The van der Waals surface area contributed by atoms with Crippen LogP contribution in [0.4, 0.5) is 0 Å². The van der Waals surface area contributed by atoms with Crippen molar-refractivity contribution in [3.63, 3.8) is 0 Å². The number of carbonyl (C=O) groups is 1. The maximum Gasteiger partial charge on any atom is 0.161 e. The van der Waals surface area contributed by atoms with Crippen LogP contribution in [0.2, 0.25) is 0 Å². The minimum absolute atomic E-state index is 0.00871. The first-order valence-corrected chi connectivity index (χ1v) is 5.03. The minimum Gasteiger partial charge on any atom is -0.382 e. The van der Waals surface area contributed by atoms with Gasteiger partial charge in [0.05, 0.1) is 0 Å². The third-order valence-corrected chi connectivity index (χ3v) is 2.52. The van der Waals surface area contributed by atoms with Gasteiger partial charge in [-0.05, 0) is 19.8 Å². The van der Waals surface area contributed by atoms with Crippen LogP contribution in [0.5, 0.6) is 0 Å². The van der Waals surface area contributed by atoms with Crippen molar-refractivity contribution in [1.29, 1.82) is 0 Å². The summed E-state index contributed by atoms with van der Waals surface area (Å²) in [4.78, 5) is 11.5. The molecule has 0 radical (unpaired) electrons. The molecule has 0 saturated heterocycles. The Morgan fingerprint density at radius 1 is 1.60 bits per heavy atom. The molecule has 1 unspecified atom stereocenters. The summed E-state index contributed by atoms with van der Waals surface area (Å²) in [5.74, 6) is 0.641. The van der Waals surface area contributed by atoms with Crippen LogP contribution in [-0.4, -0.2) is 16.0 Å². The SMILES string of the molecule is Cc1cc(C(O)C2=CCCCC2=O)no1. The Labute approximate surface area is 87.6 Å². The molecule has 1 aliphatic rings. The monoisotopic (exact) mass is 207 g/mol. The van der Waals surface area contributed by atoms with E-state index in [0.717, 1.165) is 12.8 Å². The van der Waals surface area contributed by atoms with Crippen molar-refractivity contribution >= 4 is 5.78 Å². The van der Waals surface area contributed by atoms with Gasteiger partial charge in [0.2, 0.25) is 0 Å². The van der Waals surface area contributed by atoms with Crippen LogP contribution in [0.25, 0.3) is 0 Å². The molecule has 0 fully saturated rings. The van der Waals surface area contributed by atoms with Gasteiger partial charge in [-0.25, -0.2) is 0 Å². The first kappa shape index (κ1) is 10.1. The van der Waals surface area contributed by atoms with E-state index in [2.05, 4.69) is 5.16 Å². The molecule has 0 saturated carbocycles. The Morgan fingerprint density at radius 3 is 3.00 bits per heavy atom. The van der Waals surface area contributed by atoms with Gasteiger partial charge in [-0.2, -0.15) is 0 Å². The molecule has 1 N–H and O–H groups in total. The van der Waals surface area contributed by atoms with E-state index in [1.807, 2.05) is 0 Å². The number of aromatic nitrogens is 1. The van der Waals surface area contributed by atoms with Gasteiger partial charge in [-0.15, -0.1) is 0 Å². The Hall–Kier alpha value is -1.42. The zero-order valence-electron chi connectivity index (χ0n) is 8.56. The number of hydrogen-bond acceptors (Lipinski definition) is 4. The minimum atomic E-state index is -0.935. The van der Waals surface area contributed by atoms with E-state index >= 15 is 0 Å². The van der Waals surface area contributed by atoms with Crippen LogP contribution < -0.4 is 0 Å². The summed E-state index contributed by atoms with van der Waals surface area (Å²) in [6, 6.07) is 1.65. The number of Topliss-reactive ketones (excluding diaryl/α,β-unsaturated/α-hetero) is 1. The fourth-order valence-corrected chi connectivity index (χ4v) is 1.72. The molecule has 15 heavy (non-hydrogen) atoms. The van der Waals surface area contributed by atoms with Crippen molar-refractivity contribution in [2.75, 3.05) is 0 Å².